The predicted molar refractivity (Wildman–Crippen MR) is 83.5 cm³/mol. The van der Waals surface area contributed by atoms with E-state index in [0.717, 1.165) is 17.9 Å². The standard InChI is InChI=1S/C17H34N2/c1-5-17(4)13-19(16(11-18-17)14(2)3)12-15-9-7-6-8-10-15/h14-16,18H,5-13H2,1-4H3. The Kier molecular flexibility index (Phi) is 5.30. The van der Waals surface area contributed by atoms with Gasteiger partial charge in [0.1, 0.15) is 0 Å². The van der Waals surface area contributed by atoms with Gasteiger partial charge in [-0.05, 0) is 38.0 Å². The zero-order chi connectivity index (χ0) is 13.9. The first-order chi connectivity index (χ1) is 9.04. The Hall–Kier alpha value is -0.0800. The lowest BCUT2D eigenvalue weighted by Gasteiger charge is -2.48. The Balaban J connectivity index is 1.98. The summed E-state index contributed by atoms with van der Waals surface area (Å²) in [5, 5.41) is 3.80. The second kappa shape index (κ2) is 6.58. The summed E-state index contributed by atoms with van der Waals surface area (Å²) in [7, 11) is 0. The van der Waals surface area contributed by atoms with Crippen molar-refractivity contribution >= 4 is 0 Å². The largest absolute Gasteiger partial charge is 0.309 e. The SMILES string of the molecule is CCC1(C)CN(CC2CCCCC2)C(C(C)C)CN1. The van der Waals surface area contributed by atoms with Gasteiger partial charge < -0.3 is 5.32 Å². The topological polar surface area (TPSA) is 15.3 Å². The van der Waals surface area contributed by atoms with Gasteiger partial charge in [-0.1, -0.05) is 40.0 Å². The number of hydrogen-bond donors (Lipinski definition) is 1. The Morgan fingerprint density at radius 3 is 2.47 bits per heavy atom. The van der Waals surface area contributed by atoms with Crippen molar-refractivity contribution in [3.05, 3.63) is 0 Å². The summed E-state index contributed by atoms with van der Waals surface area (Å²) >= 11 is 0. The maximum absolute atomic E-state index is 3.80. The van der Waals surface area contributed by atoms with Crippen LogP contribution >= 0.6 is 0 Å². The number of hydrogen-bond acceptors (Lipinski definition) is 2. The molecule has 0 spiro atoms. The molecular weight excluding hydrogens is 232 g/mol. The molecular formula is C17H34N2. The Bertz CT molecular complexity index is 270. The maximum Gasteiger partial charge on any atom is 0.0278 e. The fraction of sp³-hybridized carbons (Fsp3) is 1.00. The molecule has 2 rings (SSSR count). The van der Waals surface area contributed by atoms with E-state index < -0.39 is 0 Å². The van der Waals surface area contributed by atoms with Gasteiger partial charge in [-0.25, -0.2) is 0 Å². The fourth-order valence-corrected chi connectivity index (χ4v) is 3.90. The van der Waals surface area contributed by atoms with Crippen molar-refractivity contribution in [1.29, 1.82) is 0 Å². The van der Waals surface area contributed by atoms with Crippen LogP contribution in [0.25, 0.3) is 0 Å². The van der Waals surface area contributed by atoms with Crippen LogP contribution in [0.15, 0.2) is 0 Å². The highest BCUT2D eigenvalue weighted by Crippen LogP contribution is 2.29. The summed E-state index contributed by atoms with van der Waals surface area (Å²) in [5.74, 6) is 1.73. The van der Waals surface area contributed by atoms with Gasteiger partial charge in [0.05, 0.1) is 0 Å². The van der Waals surface area contributed by atoms with Crippen molar-refractivity contribution in [3.63, 3.8) is 0 Å². The molecule has 2 atom stereocenters. The molecule has 1 aliphatic heterocycles. The van der Waals surface area contributed by atoms with Crippen molar-refractivity contribution in [2.24, 2.45) is 11.8 Å². The molecule has 112 valence electrons. The number of nitrogens with zero attached hydrogens (tertiary/aromatic N) is 1. The molecule has 0 aromatic heterocycles. The van der Waals surface area contributed by atoms with Gasteiger partial charge in [-0.2, -0.15) is 0 Å². The Morgan fingerprint density at radius 2 is 1.89 bits per heavy atom. The molecule has 0 amide bonds. The lowest BCUT2D eigenvalue weighted by atomic mass is 9.85. The molecule has 1 aliphatic carbocycles. The molecule has 0 aromatic carbocycles. The fourth-order valence-electron chi connectivity index (χ4n) is 3.90. The third kappa shape index (κ3) is 3.95. The lowest BCUT2D eigenvalue weighted by Crippen LogP contribution is -2.64. The zero-order valence-corrected chi connectivity index (χ0v) is 13.5. The van der Waals surface area contributed by atoms with Crippen LogP contribution in [0.3, 0.4) is 0 Å². The van der Waals surface area contributed by atoms with Crippen LogP contribution in [0.5, 0.6) is 0 Å². The van der Waals surface area contributed by atoms with Crippen LogP contribution in [0.1, 0.15) is 66.2 Å². The first-order valence-corrected chi connectivity index (χ1v) is 8.53. The van der Waals surface area contributed by atoms with Crippen LogP contribution in [0.2, 0.25) is 0 Å². The first kappa shape index (κ1) is 15.3. The molecule has 19 heavy (non-hydrogen) atoms. The van der Waals surface area contributed by atoms with Crippen LogP contribution in [-0.4, -0.2) is 36.1 Å². The number of nitrogens with one attached hydrogen (secondary N) is 1. The molecule has 1 saturated carbocycles. The van der Waals surface area contributed by atoms with Gasteiger partial charge in [-0.15, -0.1) is 0 Å². The van der Waals surface area contributed by atoms with E-state index in [-0.39, 0.29) is 0 Å². The third-order valence-electron chi connectivity index (χ3n) is 5.53. The van der Waals surface area contributed by atoms with Crippen molar-refractivity contribution in [2.45, 2.75) is 77.8 Å². The molecule has 1 heterocycles. The molecule has 2 aliphatic rings. The molecule has 2 heteroatoms. The lowest BCUT2D eigenvalue weighted by molar-refractivity contribution is 0.0419. The molecule has 1 saturated heterocycles. The van der Waals surface area contributed by atoms with Crippen molar-refractivity contribution in [1.82, 2.24) is 10.2 Å². The molecule has 0 aromatic rings. The highest BCUT2D eigenvalue weighted by molar-refractivity contribution is 4.96. The van der Waals surface area contributed by atoms with E-state index in [0.29, 0.717) is 5.54 Å². The van der Waals surface area contributed by atoms with E-state index >= 15 is 0 Å². The smallest absolute Gasteiger partial charge is 0.0278 e. The second-order valence-electron chi connectivity index (χ2n) is 7.54. The Morgan fingerprint density at radius 1 is 1.21 bits per heavy atom. The van der Waals surface area contributed by atoms with Gasteiger partial charge in [0.15, 0.2) is 0 Å². The molecule has 1 N–H and O–H groups in total. The summed E-state index contributed by atoms with van der Waals surface area (Å²) in [4.78, 5) is 2.82. The zero-order valence-electron chi connectivity index (χ0n) is 13.5. The highest BCUT2D eigenvalue weighted by atomic mass is 15.3. The van der Waals surface area contributed by atoms with Crippen molar-refractivity contribution in [3.8, 4) is 0 Å². The van der Waals surface area contributed by atoms with E-state index in [9.17, 15) is 0 Å². The summed E-state index contributed by atoms with van der Waals surface area (Å²) < 4.78 is 0. The maximum atomic E-state index is 3.80. The molecule has 2 unspecified atom stereocenters. The quantitative estimate of drug-likeness (QED) is 0.835. The summed E-state index contributed by atoms with van der Waals surface area (Å²) in [6.45, 7) is 13.3. The van der Waals surface area contributed by atoms with Crippen LogP contribution in [0, 0.1) is 11.8 Å². The average Bonchev–Trinajstić information content (AvgIpc) is 2.40. The summed E-state index contributed by atoms with van der Waals surface area (Å²) in [5.41, 5.74) is 0.333. The Labute approximate surface area is 120 Å². The van der Waals surface area contributed by atoms with Gasteiger partial charge >= 0.3 is 0 Å². The van der Waals surface area contributed by atoms with E-state index in [4.69, 9.17) is 0 Å². The monoisotopic (exact) mass is 266 g/mol. The predicted octanol–water partition coefficient (Wildman–Crippen LogP) is 3.67. The average molecular weight is 266 g/mol. The van der Waals surface area contributed by atoms with Crippen LogP contribution in [0.4, 0.5) is 0 Å². The van der Waals surface area contributed by atoms with Gasteiger partial charge in [0, 0.05) is 31.2 Å². The minimum Gasteiger partial charge on any atom is -0.309 e. The molecule has 2 nitrogen and oxygen atoms in total. The van der Waals surface area contributed by atoms with Crippen LogP contribution in [-0.2, 0) is 0 Å². The minimum absolute atomic E-state index is 0.333. The summed E-state index contributed by atoms with van der Waals surface area (Å²) in [6, 6.07) is 0.738. The first-order valence-electron chi connectivity index (χ1n) is 8.53. The van der Waals surface area contributed by atoms with Crippen molar-refractivity contribution < 1.29 is 0 Å². The normalized spacial score (nSPS) is 34.9. The molecule has 0 radical (unpaired) electrons. The minimum atomic E-state index is 0.333. The second-order valence-corrected chi connectivity index (χ2v) is 7.54. The summed E-state index contributed by atoms with van der Waals surface area (Å²) in [6.07, 6.45) is 8.58. The van der Waals surface area contributed by atoms with E-state index in [1.165, 1.54) is 58.2 Å². The third-order valence-corrected chi connectivity index (χ3v) is 5.53. The molecule has 0 bridgehead atoms. The van der Waals surface area contributed by atoms with Gasteiger partial charge in [0.25, 0.3) is 0 Å². The van der Waals surface area contributed by atoms with Crippen molar-refractivity contribution in [2.75, 3.05) is 19.6 Å². The van der Waals surface area contributed by atoms with E-state index in [1.54, 1.807) is 0 Å². The van der Waals surface area contributed by atoms with E-state index in [1.807, 2.05) is 0 Å². The van der Waals surface area contributed by atoms with Gasteiger partial charge in [0.2, 0.25) is 0 Å². The van der Waals surface area contributed by atoms with Crippen LogP contribution < -0.4 is 5.32 Å². The molecule has 2 fully saturated rings. The van der Waals surface area contributed by atoms with Gasteiger partial charge in [-0.3, -0.25) is 4.90 Å². The van der Waals surface area contributed by atoms with E-state index in [2.05, 4.69) is 37.9 Å². The number of rotatable bonds is 4. The highest BCUT2D eigenvalue weighted by Gasteiger charge is 2.36. The number of piperazine rings is 1.